The normalized spacial score (nSPS) is 12.6. The molecule has 23 heavy (non-hydrogen) atoms. The van der Waals surface area contributed by atoms with Crippen molar-refractivity contribution in [3.63, 3.8) is 0 Å². The lowest BCUT2D eigenvalue weighted by Crippen LogP contribution is -2.32. The molecule has 1 atom stereocenters. The van der Waals surface area contributed by atoms with Gasteiger partial charge in [-0.3, -0.25) is 4.79 Å². The second kappa shape index (κ2) is 8.18. The summed E-state index contributed by atoms with van der Waals surface area (Å²) in [5.74, 6) is 0.744. The minimum absolute atomic E-state index is 0.0543. The van der Waals surface area contributed by atoms with E-state index >= 15 is 0 Å². The van der Waals surface area contributed by atoms with Crippen molar-refractivity contribution in [1.82, 2.24) is 5.32 Å². The van der Waals surface area contributed by atoms with Crippen molar-refractivity contribution in [2.75, 3.05) is 7.11 Å². The molecule has 2 aromatic carbocycles. The fourth-order valence-electron chi connectivity index (χ4n) is 2.17. The van der Waals surface area contributed by atoms with Crippen LogP contribution in [0.2, 0.25) is 0 Å². The van der Waals surface area contributed by atoms with Crippen molar-refractivity contribution in [3.05, 3.63) is 65.7 Å². The van der Waals surface area contributed by atoms with Crippen LogP contribution in [0.1, 0.15) is 31.4 Å². The van der Waals surface area contributed by atoms with E-state index in [9.17, 15) is 4.79 Å². The molecule has 0 aliphatic carbocycles. The van der Waals surface area contributed by atoms with Gasteiger partial charge in [-0.05, 0) is 42.7 Å². The van der Waals surface area contributed by atoms with Crippen LogP contribution in [0.4, 0.5) is 0 Å². The highest BCUT2D eigenvalue weighted by atomic mass is 16.5. The lowest BCUT2D eigenvalue weighted by atomic mass is 10.0. The third kappa shape index (κ3) is 4.71. The van der Waals surface area contributed by atoms with Gasteiger partial charge in [0.1, 0.15) is 5.75 Å². The molecule has 0 unspecified atom stereocenters. The van der Waals surface area contributed by atoms with Gasteiger partial charge < -0.3 is 10.1 Å². The second-order valence-electron chi connectivity index (χ2n) is 5.48. The molecule has 0 radical (unpaired) electrons. The Bertz CT molecular complexity index is 660. The van der Waals surface area contributed by atoms with E-state index in [2.05, 4.69) is 12.2 Å². The maximum absolute atomic E-state index is 12.6. The predicted molar refractivity (Wildman–Crippen MR) is 95.2 cm³/mol. The van der Waals surface area contributed by atoms with Crippen LogP contribution in [-0.2, 0) is 4.79 Å². The molecule has 0 spiro atoms. The van der Waals surface area contributed by atoms with Gasteiger partial charge >= 0.3 is 0 Å². The fourth-order valence-corrected chi connectivity index (χ4v) is 2.17. The summed E-state index contributed by atoms with van der Waals surface area (Å²) >= 11 is 0. The summed E-state index contributed by atoms with van der Waals surface area (Å²) in [6.07, 6.45) is 2.81. The van der Waals surface area contributed by atoms with Gasteiger partial charge in [-0.25, -0.2) is 0 Å². The first kappa shape index (κ1) is 16.8. The molecule has 0 fully saturated rings. The van der Waals surface area contributed by atoms with Crippen molar-refractivity contribution in [1.29, 1.82) is 0 Å². The van der Waals surface area contributed by atoms with Crippen LogP contribution < -0.4 is 10.1 Å². The zero-order chi connectivity index (χ0) is 16.7. The van der Waals surface area contributed by atoms with Crippen molar-refractivity contribution in [2.24, 2.45) is 0 Å². The minimum atomic E-state index is -0.0543. The number of carbonyl (C=O) groups excluding carboxylic acids is 1. The van der Waals surface area contributed by atoms with E-state index in [0.717, 1.165) is 23.3 Å². The number of rotatable bonds is 6. The quantitative estimate of drug-likeness (QED) is 0.643. The first-order valence-electron chi connectivity index (χ1n) is 7.86. The average Bonchev–Trinajstić information content (AvgIpc) is 2.60. The van der Waals surface area contributed by atoms with Gasteiger partial charge in [0, 0.05) is 11.6 Å². The lowest BCUT2D eigenvalue weighted by molar-refractivity contribution is -0.116. The van der Waals surface area contributed by atoms with E-state index in [1.807, 2.05) is 67.6 Å². The van der Waals surface area contributed by atoms with E-state index in [0.29, 0.717) is 5.57 Å². The maximum atomic E-state index is 12.6. The Balaban J connectivity index is 2.36. The van der Waals surface area contributed by atoms with E-state index in [1.165, 1.54) is 0 Å². The minimum Gasteiger partial charge on any atom is -0.497 e. The SMILES string of the molecule is CC[C@@H](C)NC(=O)/C(=C/c1ccc(OC)cc1)c1ccccc1. The van der Waals surface area contributed by atoms with E-state index in [4.69, 9.17) is 4.74 Å². The number of amides is 1. The van der Waals surface area contributed by atoms with Crippen molar-refractivity contribution < 1.29 is 9.53 Å². The molecule has 0 bridgehead atoms. The Morgan fingerprint density at radius 1 is 1.13 bits per heavy atom. The molecule has 0 saturated carbocycles. The van der Waals surface area contributed by atoms with Crippen molar-refractivity contribution in [3.8, 4) is 5.75 Å². The zero-order valence-electron chi connectivity index (χ0n) is 13.9. The number of hydrogen-bond acceptors (Lipinski definition) is 2. The first-order chi connectivity index (χ1) is 11.1. The number of nitrogens with one attached hydrogen (secondary N) is 1. The molecule has 2 rings (SSSR count). The van der Waals surface area contributed by atoms with Gasteiger partial charge in [-0.15, -0.1) is 0 Å². The highest BCUT2D eigenvalue weighted by Gasteiger charge is 2.13. The molecule has 3 heteroatoms. The number of carbonyl (C=O) groups is 1. The first-order valence-corrected chi connectivity index (χ1v) is 7.86. The monoisotopic (exact) mass is 309 g/mol. The van der Waals surface area contributed by atoms with Gasteiger partial charge in [0.05, 0.1) is 7.11 Å². The molecule has 0 aromatic heterocycles. The predicted octanol–water partition coefficient (Wildman–Crippen LogP) is 4.15. The summed E-state index contributed by atoms with van der Waals surface area (Å²) in [5, 5.41) is 3.04. The number of benzene rings is 2. The summed E-state index contributed by atoms with van der Waals surface area (Å²) in [6, 6.07) is 17.5. The number of hydrogen-bond donors (Lipinski definition) is 1. The van der Waals surface area contributed by atoms with E-state index in [-0.39, 0.29) is 11.9 Å². The summed E-state index contributed by atoms with van der Waals surface area (Å²) in [6.45, 7) is 4.06. The second-order valence-corrected chi connectivity index (χ2v) is 5.48. The molecule has 0 aliphatic heterocycles. The Morgan fingerprint density at radius 2 is 1.78 bits per heavy atom. The molecule has 3 nitrogen and oxygen atoms in total. The van der Waals surface area contributed by atoms with Crippen LogP contribution in [0.25, 0.3) is 11.6 Å². The van der Waals surface area contributed by atoms with E-state index in [1.54, 1.807) is 7.11 Å². The van der Waals surface area contributed by atoms with Crippen LogP contribution in [0.3, 0.4) is 0 Å². The third-order valence-corrected chi connectivity index (χ3v) is 3.75. The van der Waals surface area contributed by atoms with Crippen LogP contribution in [0.5, 0.6) is 5.75 Å². The summed E-state index contributed by atoms with van der Waals surface area (Å²) < 4.78 is 5.17. The topological polar surface area (TPSA) is 38.3 Å². The maximum Gasteiger partial charge on any atom is 0.252 e. The smallest absolute Gasteiger partial charge is 0.252 e. The molecular formula is C20H23NO2. The van der Waals surface area contributed by atoms with Gasteiger partial charge in [-0.2, -0.15) is 0 Å². The summed E-state index contributed by atoms with van der Waals surface area (Å²) in [4.78, 5) is 12.6. The highest BCUT2D eigenvalue weighted by molar-refractivity contribution is 6.24. The Labute approximate surface area is 138 Å². The third-order valence-electron chi connectivity index (χ3n) is 3.75. The Morgan fingerprint density at radius 3 is 2.35 bits per heavy atom. The Hall–Kier alpha value is -2.55. The van der Waals surface area contributed by atoms with Crippen LogP contribution >= 0.6 is 0 Å². The molecule has 0 aliphatic rings. The zero-order valence-corrected chi connectivity index (χ0v) is 13.9. The summed E-state index contributed by atoms with van der Waals surface area (Å²) in [5.41, 5.74) is 2.53. The standard InChI is InChI=1S/C20H23NO2/c1-4-15(2)21-20(22)19(17-8-6-5-7-9-17)14-16-10-12-18(23-3)13-11-16/h5-15H,4H2,1-3H3,(H,21,22)/b19-14+/t15-/m1/s1. The molecule has 1 N–H and O–H groups in total. The van der Waals surface area contributed by atoms with E-state index < -0.39 is 0 Å². The molecule has 1 amide bonds. The average molecular weight is 309 g/mol. The van der Waals surface area contributed by atoms with Gasteiger partial charge in [0.25, 0.3) is 5.91 Å². The molecule has 120 valence electrons. The highest BCUT2D eigenvalue weighted by Crippen LogP contribution is 2.20. The Kier molecular flexibility index (Phi) is 5.98. The van der Waals surface area contributed by atoms with Gasteiger partial charge in [-0.1, -0.05) is 49.4 Å². The largest absolute Gasteiger partial charge is 0.497 e. The number of methoxy groups -OCH3 is 1. The van der Waals surface area contributed by atoms with Crippen LogP contribution in [0, 0.1) is 0 Å². The van der Waals surface area contributed by atoms with Gasteiger partial charge in [0.2, 0.25) is 0 Å². The number of ether oxygens (including phenoxy) is 1. The molecule has 0 saturated heterocycles. The lowest BCUT2D eigenvalue weighted by Gasteiger charge is -2.14. The molecule has 0 heterocycles. The van der Waals surface area contributed by atoms with Crippen LogP contribution in [0.15, 0.2) is 54.6 Å². The summed E-state index contributed by atoms with van der Waals surface area (Å²) in [7, 11) is 1.64. The van der Waals surface area contributed by atoms with Crippen molar-refractivity contribution in [2.45, 2.75) is 26.3 Å². The fraction of sp³-hybridized carbons (Fsp3) is 0.250. The molecule has 2 aromatic rings. The molecular weight excluding hydrogens is 286 g/mol. The van der Waals surface area contributed by atoms with Gasteiger partial charge in [0.15, 0.2) is 0 Å². The van der Waals surface area contributed by atoms with Crippen LogP contribution in [-0.4, -0.2) is 19.1 Å². The van der Waals surface area contributed by atoms with Crippen molar-refractivity contribution >= 4 is 17.6 Å².